The van der Waals surface area contributed by atoms with Gasteiger partial charge in [-0.15, -0.1) is 0 Å². The third-order valence-corrected chi connectivity index (χ3v) is 5.76. The number of ether oxygens (including phenoxy) is 1. The molecule has 0 unspecified atom stereocenters. The molecule has 0 bridgehead atoms. The number of amides is 1. The Labute approximate surface area is 148 Å². The molecule has 2 aromatic heterocycles. The van der Waals surface area contributed by atoms with Crippen molar-refractivity contribution in [3.05, 3.63) is 46.6 Å². The predicted molar refractivity (Wildman–Crippen MR) is 97.1 cm³/mol. The average molecular weight is 354 g/mol. The molecule has 25 heavy (non-hydrogen) atoms. The Kier molecular flexibility index (Phi) is 3.50. The van der Waals surface area contributed by atoms with Crippen molar-refractivity contribution in [1.29, 1.82) is 0 Å². The number of aromatic amines is 1. The molecule has 1 saturated heterocycles. The van der Waals surface area contributed by atoms with Crippen molar-refractivity contribution in [2.75, 3.05) is 25.1 Å². The lowest BCUT2D eigenvalue weighted by Crippen LogP contribution is -2.40. The van der Waals surface area contributed by atoms with Crippen molar-refractivity contribution in [3.8, 4) is 0 Å². The molecule has 7 heteroatoms. The summed E-state index contributed by atoms with van der Waals surface area (Å²) in [6, 6.07) is 10.3. The van der Waals surface area contributed by atoms with Crippen molar-refractivity contribution < 1.29 is 9.53 Å². The second-order valence-corrected chi connectivity index (χ2v) is 7.60. The van der Waals surface area contributed by atoms with Crippen molar-refractivity contribution in [1.82, 2.24) is 14.9 Å². The Bertz CT molecular complexity index is 911. The molecule has 1 aromatic carbocycles. The maximum absolute atomic E-state index is 12.9. The molecule has 0 radical (unpaired) electrons. The molecule has 4 heterocycles. The maximum Gasteiger partial charge on any atom is 0.270 e. The summed E-state index contributed by atoms with van der Waals surface area (Å²) in [6.45, 7) is 2.82. The Morgan fingerprint density at radius 2 is 2.24 bits per heavy atom. The monoisotopic (exact) mass is 354 g/mol. The van der Waals surface area contributed by atoms with Gasteiger partial charge in [-0.25, -0.2) is 4.98 Å². The number of thiazole rings is 1. The van der Waals surface area contributed by atoms with Gasteiger partial charge in [0, 0.05) is 28.7 Å². The molecule has 1 fully saturated rings. The number of H-pyrrole nitrogens is 1. The first-order valence-corrected chi connectivity index (χ1v) is 9.28. The molecule has 0 saturated carbocycles. The Morgan fingerprint density at radius 1 is 1.36 bits per heavy atom. The van der Waals surface area contributed by atoms with Crippen LogP contribution in [0.1, 0.15) is 21.1 Å². The first kappa shape index (κ1) is 14.9. The number of nitrogens with one attached hydrogen (secondary N) is 2. The molecular weight excluding hydrogens is 336 g/mol. The van der Waals surface area contributed by atoms with Gasteiger partial charge < -0.3 is 19.9 Å². The summed E-state index contributed by atoms with van der Waals surface area (Å²) >= 11 is 1.65. The SMILES string of the molecule is O=C(c1cc2ccccc2[nH]1)N1CCc2nc(NC3COC3)sc2C1. The number of carbonyl (C=O) groups is 1. The number of hydrogen-bond acceptors (Lipinski definition) is 5. The Morgan fingerprint density at radius 3 is 3.04 bits per heavy atom. The van der Waals surface area contributed by atoms with Crippen LogP contribution in [0, 0.1) is 0 Å². The van der Waals surface area contributed by atoms with Crippen LogP contribution in [0.5, 0.6) is 0 Å². The van der Waals surface area contributed by atoms with Gasteiger partial charge in [0.25, 0.3) is 5.91 Å². The van der Waals surface area contributed by atoms with E-state index in [0.29, 0.717) is 24.8 Å². The van der Waals surface area contributed by atoms with E-state index in [1.807, 2.05) is 35.2 Å². The zero-order valence-electron chi connectivity index (χ0n) is 13.6. The van der Waals surface area contributed by atoms with Gasteiger partial charge in [-0.05, 0) is 12.1 Å². The van der Waals surface area contributed by atoms with Gasteiger partial charge in [-0.2, -0.15) is 0 Å². The van der Waals surface area contributed by atoms with Gasteiger partial charge in [0.2, 0.25) is 0 Å². The fraction of sp³-hybridized carbons (Fsp3) is 0.333. The van der Waals surface area contributed by atoms with E-state index in [-0.39, 0.29) is 5.91 Å². The van der Waals surface area contributed by atoms with Gasteiger partial charge in [-0.3, -0.25) is 4.79 Å². The highest BCUT2D eigenvalue weighted by atomic mass is 32.1. The fourth-order valence-corrected chi connectivity index (χ4v) is 4.38. The van der Waals surface area contributed by atoms with E-state index >= 15 is 0 Å². The second-order valence-electron chi connectivity index (χ2n) is 6.51. The Hall–Kier alpha value is -2.38. The topological polar surface area (TPSA) is 70.2 Å². The highest BCUT2D eigenvalue weighted by Crippen LogP contribution is 2.30. The fourth-order valence-electron chi connectivity index (χ4n) is 3.28. The zero-order valence-corrected chi connectivity index (χ0v) is 14.4. The number of anilines is 1. The van der Waals surface area contributed by atoms with E-state index < -0.39 is 0 Å². The molecule has 2 N–H and O–H groups in total. The van der Waals surface area contributed by atoms with Gasteiger partial charge in [0.05, 0.1) is 31.5 Å². The minimum absolute atomic E-state index is 0.0529. The second kappa shape index (κ2) is 5.86. The highest BCUT2D eigenvalue weighted by Gasteiger charge is 2.27. The van der Waals surface area contributed by atoms with Gasteiger partial charge in [-0.1, -0.05) is 29.5 Å². The molecule has 0 spiro atoms. The number of aromatic nitrogens is 2. The Balaban J connectivity index is 1.34. The minimum atomic E-state index is 0.0529. The van der Waals surface area contributed by atoms with E-state index in [4.69, 9.17) is 4.74 Å². The average Bonchev–Trinajstić information content (AvgIpc) is 3.20. The predicted octanol–water partition coefficient (Wildman–Crippen LogP) is 2.63. The molecule has 5 rings (SSSR count). The summed E-state index contributed by atoms with van der Waals surface area (Å²) in [5.41, 5.74) is 2.77. The number of benzene rings is 1. The van der Waals surface area contributed by atoms with Crippen LogP contribution >= 0.6 is 11.3 Å². The van der Waals surface area contributed by atoms with Crippen LogP contribution in [0.2, 0.25) is 0 Å². The number of fused-ring (bicyclic) bond motifs is 2. The number of rotatable bonds is 3. The third-order valence-electron chi connectivity index (χ3n) is 4.74. The molecule has 6 nitrogen and oxygen atoms in total. The number of carbonyl (C=O) groups excluding carboxylic acids is 1. The lowest BCUT2D eigenvalue weighted by atomic mass is 10.1. The third kappa shape index (κ3) is 2.69. The number of nitrogens with zero attached hydrogens (tertiary/aromatic N) is 2. The van der Waals surface area contributed by atoms with Crippen LogP contribution < -0.4 is 5.32 Å². The largest absolute Gasteiger partial charge is 0.377 e. The van der Waals surface area contributed by atoms with Gasteiger partial charge in [0.15, 0.2) is 5.13 Å². The summed E-state index contributed by atoms with van der Waals surface area (Å²) < 4.78 is 5.19. The molecule has 128 valence electrons. The van der Waals surface area contributed by atoms with Gasteiger partial charge >= 0.3 is 0 Å². The van der Waals surface area contributed by atoms with Crippen LogP contribution in [0.15, 0.2) is 30.3 Å². The first-order chi connectivity index (χ1) is 12.3. The van der Waals surface area contributed by atoms with Crippen LogP contribution in [-0.2, 0) is 17.7 Å². The first-order valence-electron chi connectivity index (χ1n) is 8.46. The van der Waals surface area contributed by atoms with Crippen molar-refractivity contribution in [2.24, 2.45) is 0 Å². The van der Waals surface area contributed by atoms with E-state index in [1.54, 1.807) is 11.3 Å². The number of hydrogen-bond donors (Lipinski definition) is 2. The molecule has 3 aromatic rings. The van der Waals surface area contributed by atoms with Crippen molar-refractivity contribution in [3.63, 3.8) is 0 Å². The molecule has 2 aliphatic heterocycles. The van der Waals surface area contributed by atoms with E-state index in [9.17, 15) is 4.79 Å². The maximum atomic E-state index is 12.9. The summed E-state index contributed by atoms with van der Waals surface area (Å²) in [7, 11) is 0. The van der Waals surface area contributed by atoms with Gasteiger partial charge in [0.1, 0.15) is 5.69 Å². The molecular formula is C18H18N4O2S. The van der Waals surface area contributed by atoms with E-state index in [0.717, 1.165) is 41.4 Å². The molecule has 1 amide bonds. The lowest BCUT2D eigenvalue weighted by molar-refractivity contribution is 0.0211. The quantitative estimate of drug-likeness (QED) is 0.759. The van der Waals surface area contributed by atoms with E-state index in [1.165, 1.54) is 4.88 Å². The summed E-state index contributed by atoms with van der Waals surface area (Å²) in [5.74, 6) is 0.0529. The van der Waals surface area contributed by atoms with Crippen LogP contribution in [0.3, 0.4) is 0 Å². The normalized spacial score (nSPS) is 17.4. The zero-order chi connectivity index (χ0) is 16.8. The molecule has 0 atom stereocenters. The summed E-state index contributed by atoms with van der Waals surface area (Å²) in [6.07, 6.45) is 0.806. The highest BCUT2D eigenvalue weighted by molar-refractivity contribution is 7.15. The smallest absolute Gasteiger partial charge is 0.270 e. The van der Waals surface area contributed by atoms with Crippen molar-refractivity contribution >= 4 is 33.3 Å². The number of para-hydroxylation sites is 1. The molecule has 0 aliphatic carbocycles. The summed E-state index contributed by atoms with van der Waals surface area (Å²) in [5, 5.41) is 5.41. The molecule has 2 aliphatic rings. The van der Waals surface area contributed by atoms with Crippen LogP contribution in [0.4, 0.5) is 5.13 Å². The summed E-state index contributed by atoms with van der Waals surface area (Å²) in [4.78, 5) is 23.9. The van der Waals surface area contributed by atoms with Crippen molar-refractivity contribution in [2.45, 2.75) is 19.0 Å². The van der Waals surface area contributed by atoms with E-state index in [2.05, 4.69) is 15.3 Å². The minimum Gasteiger partial charge on any atom is -0.377 e. The standard InChI is InChI=1S/C18H18N4O2S/c23-17(15-7-11-3-1-2-4-13(11)20-15)22-6-5-14-16(8-22)25-18(21-14)19-12-9-24-10-12/h1-4,7,12,20H,5-6,8-10H2,(H,19,21). The van der Waals surface area contributed by atoms with Crippen LogP contribution in [0.25, 0.3) is 10.9 Å². The lowest BCUT2D eigenvalue weighted by Gasteiger charge is -2.26. The van der Waals surface area contributed by atoms with Crippen LogP contribution in [-0.4, -0.2) is 46.6 Å².